The molecule has 1 nitrogen and oxygen atoms in total. The summed E-state index contributed by atoms with van der Waals surface area (Å²) in [5.41, 5.74) is 0. The van der Waals surface area contributed by atoms with Gasteiger partial charge in [-0.05, 0) is 31.2 Å². The first-order valence-corrected chi connectivity index (χ1v) is 5.74. The van der Waals surface area contributed by atoms with Crippen molar-refractivity contribution in [2.45, 2.75) is 33.6 Å². The molecular formula is C10H23NS. The molecule has 0 aromatic rings. The summed E-state index contributed by atoms with van der Waals surface area (Å²) in [4.78, 5) is 2.52. The maximum absolute atomic E-state index is 4.35. The lowest BCUT2D eigenvalue weighted by molar-refractivity contribution is 0.248. The summed E-state index contributed by atoms with van der Waals surface area (Å²) in [6.45, 7) is 10.4. The first-order chi connectivity index (χ1) is 5.78. The highest BCUT2D eigenvalue weighted by atomic mass is 32.1. The van der Waals surface area contributed by atoms with Crippen molar-refractivity contribution >= 4 is 12.6 Å². The van der Waals surface area contributed by atoms with E-state index in [0.29, 0.717) is 0 Å². The molecule has 12 heavy (non-hydrogen) atoms. The summed E-state index contributed by atoms with van der Waals surface area (Å²) < 4.78 is 0. The molecule has 0 aromatic carbocycles. The smallest absolute Gasteiger partial charge is 0.00172 e. The molecule has 0 saturated carbocycles. The Kier molecular flexibility index (Phi) is 8.14. The Morgan fingerprint density at radius 3 is 2.25 bits per heavy atom. The normalized spacial score (nSPS) is 13.8. The van der Waals surface area contributed by atoms with Gasteiger partial charge in [-0.25, -0.2) is 0 Å². The third-order valence-corrected chi connectivity index (χ3v) is 2.86. The SMILES string of the molecule is CCCN(CC)CC(CC)CS. The van der Waals surface area contributed by atoms with Crippen LogP contribution in [0.15, 0.2) is 0 Å². The van der Waals surface area contributed by atoms with Gasteiger partial charge in [-0.3, -0.25) is 0 Å². The lowest BCUT2D eigenvalue weighted by atomic mass is 10.1. The highest BCUT2D eigenvalue weighted by Gasteiger charge is 2.08. The Balaban J connectivity index is 3.65. The third kappa shape index (κ3) is 5.04. The fourth-order valence-electron chi connectivity index (χ4n) is 1.38. The van der Waals surface area contributed by atoms with E-state index in [4.69, 9.17) is 0 Å². The minimum atomic E-state index is 0.778. The van der Waals surface area contributed by atoms with Crippen LogP contribution in [0.2, 0.25) is 0 Å². The Bertz CT molecular complexity index is 91.8. The van der Waals surface area contributed by atoms with Crippen molar-refractivity contribution in [1.29, 1.82) is 0 Å². The molecule has 0 saturated heterocycles. The first-order valence-electron chi connectivity index (χ1n) is 5.11. The van der Waals surface area contributed by atoms with Crippen molar-refractivity contribution in [3.63, 3.8) is 0 Å². The van der Waals surface area contributed by atoms with Crippen molar-refractivity contribution in [2.75, 3.05) is 25.4 Å². The standard InChI is InChI=1S/C10H23NS/c1-4-7-11(6-3)8-10(5-2)9-12/h10,12H,4-9H2,1-3H3. The molecule has 0 amide bonds. The van der Waals surface area contributed by atoms with E-state index in [1.807, 2.05) is 0 Å². The van der Waals surface area contributed by atoms with Crippen LogP contribution in [-0.2, 0) is 0 Å². The van der Waals surface area contributed by atoms with Crippen LogP contribution in [0, 0.1) is 5.92 Å². The molecule has 0 radical (unpaired) electrons. The minimum Gasteiger partial charge on any atom is -0.303 e. The summed E-state index contributed by atoms with van der Waals surface area (Å²) in [6.07, 6.45) is 2.51. The average Bonchev–Trinajstić information content (AvgIpc) is 2.12. The van der Waals surface area contributed by atoms with Crippen LogP contribution in [0.1, 0.15) is 33.6 Å². The van der Waals surface area contributed by atoms with Gasteiger partial charge < -0.3 is 4.90 Å². The molecule has 0 N–H and O–H groups in total. The van der Waals surface area contributed by atoms with Gasteiger partial charge in [0.05, 0.1) is 0 Å². The van der Waals surface area contributed by atoms with E-state index < -0.39 is 0 Å². The van der Waals surface area contributed by atoms with E-state index in [0.717, 1.165) is 11.7 Å². The molecule has 0 aliphatic rings. The van der Waals surface area contributed by atoms with Crippen LogP contribution in [0.4, 0.5) is 0 Å². The average molecular weight is 189 g/mol. The summed E-state index contributed by atoms with van der Waals surface area (Å²) in [5, 5.41) is 0. The predicted molar refractivity (Wildman–Crippen MR) is 60.0 cm³/mol. The van der Waals surface area contributed by atoms with Crippen LogP contribution in [0.3, 0.4) is 0 Å². The van der Waals surface area contributed by atoms with Crippen molar-refractivity contribution in [3.8, 4) is 0 Å². The zero-order chi connectivity index (χ0) is 9.40. The molecule has 74 valence electrons. The minimum absolute atomic E-state index is 0.778. The van der Waals surface area contributed by atoms with Crippen molar-refractivity contribution in [1.82, 2.24) is 4.90 Å². The van der Waals surface area contributed by atoms with Gasteiger partial charge in [0.2, 0.25) is 0 Å². The Morgan fingerprint density at radius 1 is 1.25 bits per heavy atom. The molecule has 0 rings (SSSR count). The Morgan fingerprint density at radius 2 is 1.92 bits per heavy atom. The van der Waals surface area contributed by atoms with Crippen LogP contribution in [0.25, 0.3) is 0 Å². The molecule has 0 spiro atoms. The molecular weight excluding hydrogens is 166 g/mol. The van der Waals surface area contributed by atoms with E-state index in [-0.39, 0.29) is 0 Å². The maximum Gasteiger partial charge on any atom is 0.00172 e. The zero-order valence-corrected chi connectivity index (χ0v) is 9.61. The van der Waals surface area contributed by atoms with Gasteiger partial charge in [0, 0.05) is 6.54 Å². The second-order valence-electron chi connectivity index (χ2n) is 3.35. The van der Waals surface area contributed by atoms with Crippen molar-refractivity contribution < 1.29 is 0 Å². The van der Waals surface area contributed by atoms with Gasteiger partial charge in [0.1, 0.15) is 0 Å². The zero-order valence-electron chi connectivity index (χ0n) is 8.71. The van der Waals surface area contributed by atoms with E-state index in [2.05, 4.69) is 38.3 Å². The van der Waals surface area contributed by atoms with E-state index >= 15 is 0 Å². The summed E-state index contributed by atoms with van der Waals surface area (Å²) >= 11 is 4.35. The van der Waals surface area contributed by atoms with E-state index in [9.17, 15) is 0 Å². The van der Waals surface area contributed by atoms with Gasteiger partial charge in [0.25, 0.3) is 0 Å². The highest BCUT2D eigenvalue weighted by molar-refractivity contribution is 7.80. The van der Waals surface area contributed by atoms with E-state index in [1.54, 1.807) is 0 Å². The number of thiol groups is 1. The quantitative estimate of drug-likeness (QED) is 0.603. The second kappa shape index (κ2) is 7.93. The lowest BCUT2D eigenvalue weighted by Gasteiger charge is -2.24. The molecule has 0 aromatic heterocycles. The van der Waals surface area contributed by atoms with Crippen molar-refractivity contribution in [3.05, 3.63) is 0 Å². The second-order valence-corrected chi connectivity index (χ2v) is 3.72. The number of rotatable bonds is 7. The first kappa shape index (κ1) is 12.3. The Labute approximate surface area is 82.9 Å². The fraction of sp³-hybridized carbons (Fsp3) is 1.00. The molecule has 2 heteroatoms. The van der Waals surface area contributed by atoms with Crippen LogP contribution in [-0.4, -0.2) is 30.3 Å². The van der Waals surface area contributed by atoms with Crippen LogP contribution in [0.5, 0.6) is 0 Å². The maximum atomic E-state index is 4.35. The van der Waals surface area contributed by atoms with Crippen LogP contribution < -0.4 is 0 Å². The topological polar surface area (TPSA) is 3.24 Å². The molecule has 0 aliphatic heterocycles. The fourth-order valence-corrected chi connectivity index (χ4v) is 1.75. The third-order valence-electron chi connectivity index (χ3n) is 2.34. The van der Waals surface area contributed by atoms with Gasteiger partial charge in [-0.15, -0.1) is 0 Å². The highest BCUT2D eigenvalue weighted by Crippen LogP contribution is 2.07. The van der Waals surface area contributed by atoms with Crippen LogP contribution >= 0.6 is 12.6 Å². The number of hydrogen-bond donors (Lipinski definition) is 1. The largest absolute Gasteiger partial charge is 0.303 e. The summed E-state index contributed by atoms with van der Waals surface area (Å²) in [5.74, 6) is 1.80. The summed E-state index contributed by atoms with van der Waals surface area (Å²) in [6, 6.07) is 0. The lowest BCUT2D eigenvalue weighted by Crippen LogP contribution is -2.30. The molecule has 0 aliphatic carbocycles. The number of nitrogens with zero attached hydrogens (tertiary/aromatic N) is 1. The monoisotopic (exact) mass is 189 g/mol. The molecule has 1 unspecified atom stereocenters. The van der Waals surface area contributed by atoms with Gasteiger partial charge in [-0.2, -0.15) is 12.6 Å². The molecule has 0 fully saturated rings. The van der Waals surface area contributed by atoms with Gasteiger partial charge in [0.15, 0.2) is 0 Å². The molecule has 1 atom stereocenters. The molecule has 0 bridgehead atoms. The molecule has 0 heterocycles. The van der Waals surface area contributed by atoms with Crippen molar-refractivity contribution in [2.24, 2.45) is 5.92 Å². The van der Waals surface area contributed by atoms with Gasteiger partial charge >= 0.3 is 0 Å². The predicted octanol–water partition coefficient (Wildman–Crippen LogP) is 2.67. The number of hydrogen-bond acceptors (Lipinski definition) is 2. The van der Waals surface area contributed by atoms with Gasteiger partial charge in [-0.1, -0.05) is 27.2 Å². The Hall–Kier alpha value is 0.310. The van der Waals surface area contributed by atoms with E-state index in [1.165, 1.54) is 32.5 Å². The summed E-state index contributed by atoms with van der Waals surface area (Å²) in [7, 11) is 0.